The summed E-state index contributed by atoms with van der Waals surface area (Å²) in [6.07, 6.45) is 0. The highest BCUT2D eigenvalue weighted by Gasteiger charge is 2.14. The number of nitrogens with zero attached hydrogens (tertiary/aromatic N) is 2. The van der Waals surface area contributed by atoms with E-state index < -0.39 is 0 Å². The van der Waals surface area contributed by atoms with E-state index in [2.05, 4.69) is 24.3 Å². The van der Waals surface area contributed by atoms with Gasteiger partial charge in [-0.25, -0.2) is 0 Å². The zero-order valence-corrected chi connectivity index (χ0v) is 16.2. The largest absolute Gasteiger partial charge is 0.368 e. The highest BCUT2D eigenvalue weighted by molar-refractivity contribution is 7.99. The van der Waals surface area contributed by atoms with Crippen molar-refractivity contribution in [3.8, 4) is 0 Å². The molecule has 0 bridgehead atoms. The molecule has 0 amide bonds. The Morgan fingerprint density at radius 2 is 1.04 bits per heavy atom. The van der Waals surface area contributed by atoms with Crippen LogP contribution >= 0.6 is 36.2 Å². The summed E-state index contributed by atoms with van der Waals surface area (Å²) in [5.41, 5.74) is 2.14. The fourth-order valence-electron chi connectivity index (χ4n) is 2.06. The predicted molar refractivity (Wildman–Crippen MR) is 108 cm³/mol. The second-order valence-corrected chi connectivity index (χ2v) is 7.35. The molecule has 0 saturated carbocycles. The van der Waals surface area contributed by atoms with Crippen LogP contribution in [0, 0.1) is 0 Å². The van der Waals surface area contributed by atoms with Crippen LogP contribution in [-0.2, 0) is 0 Å². The zero-order chi connectivity index (χ0) is 17.0. The Balaban J connectivity index is 2.42. The third-order valence-corrected chi connectivity index (χ3v) is 5.59. The molecule has 0 aliphatic heterocycles. The maximum absolute atomic E-state index is 5.55. The molecule has 0 fully saturated rings. The number of rotatable bonds is 4. The topological polar surface area (TPSA) is 6.48 Å². The monoisotopic (exact) mass is 360 g/mol. The van der Waals surface area contributed by atoms with Crippen molar-refractivity contribution in [2.45, 2.75) is 9.79 Å². The first-order valence-corrected chi connectivity index (χ1v) is 8.84. The number of thiocarbonyl (C=S) groups is 2. The number of benzene rings is 2. The van der Waals surface area contributed by atoms with E-state index >= 15 is 0 Å². The van der Waals surface area contributed by atoms with Gasteiger partial charge in [-0.1, -0.05) is 72.6 Å². The molecule has 0 saturated heterocycles. The van der Waals surface area contributed by atoms with E-state index in [1.165, 1.54) is 0 Å². The predicted octanol–water partition coefficient (Wildman–Crippen LogP) is 4.31. The van der Waals surface area contributed by atoms with Gasteiger partial charge >= 0.3 is 0 Å². The van der Waals surface area contributed by atoms with E-state index in [-0.39, 0.29) is 0 Å². The van der Waals surface area contributed by atoms with Crippen molar-refractivity contribution in [2.75, 3.05) is 28.2 Å². The Bertz CT molecular complexity index is 662. The van der Waals surface area contributed by atoms with Gasteiger partial charge in [0.05, 0.1) is 0 Å². The summed E-state index contributed by atoms with van der Waals surface area (Å²) in [5, 5.41) is 0. The van der Waals surface area contributed by atoms with E-state index in [1.807, 2.05) is 62.3 Å². The first kappa shape index (κ1) is 17.9. The van der Waals surface area contributed by atoms with Crippen molar-refractivity contribution in [3.05, 3.63) is 59.7 Å². The van der Waals surface area contributed by atoms with Crippen LogP contribution in [-0.4, -0.2) is 48.0 Å². The zero-order valence-electron chi connectivity index (χ0n) is 13.7. The summed E-state index contributed by atoms with van der Waals surface area (Å²) >= 11 is 12.8. The molecule has 0 unspecified atom stereocenters. The highest BCUT2D eigenvalue weighted by Crippen LogP contribution is 2.33. The van der Waals surface area contributed by atoms with Crippen molar-refractivity contribution < 1.29 is 0 Å². The number of hydrogen-bond donors (Lipinski definition) is 0. The Morgan fingerprint density at radius 3 is 1.39 bits per heavy atom. The first-order chi connectivity index (χ1) is 10.9. The summed E-state index contributed by atoms with van der Waals surface area (Å²) < 4.78 is 0. The average Bonchev–Trinajstić information content (AvgIpc) is 2.54. The molecule has 2 nitrogen and oxygen atoms in total. The lowest BCUT2D eigenvalue weighted by molar-refractivity contribution is 0.635. The molecule has 2 rings (SSSR count). The summed E-state index contributed by atoms with van der Waals surface area (Å²) in [7, 11) is 7.88. The van der Waals surface area contributed by atoms with Crippen molar-refractivity contribution in [1.82, 2.24) is 9.80 Å². The van der Waals surface area contributed by atoms with E-state index in [1.54, 1.807) is 11.8 Å². The molecule has 0 aliphatic carbocycles. The van der Waals surface area contributed by atoms with Gasteiger partial charge in [-0.3, -0.25) is 0 Å². The Morgan fingerprint density at radius 1 is 0.696 bits per heavy atom. The van der Waals surface area contributed by atoms with Crippen molar-refractivity contribution in [1.29, 1.82) is 0 Å². The smallest absolute Gasteiger partial charge is 0.109 e. The third-order valence-electron chi connectivity index (χ3n) is 3.27. The van der Waals surface area contributed by atoms with Gasteiger partial charge in [0, 0.05) is 49.1 Å². The van der Waals surface area contributed by atoms with E-state index in [9.17, 15) is 0 Å². The molecule has 2 aromatic rings. The van der Waals surface area contributed by atoms with Crippen molar-refractivity contribution in [2.24, 2.45) is 0 Å². The minimum absolute atomic E-state index is 0.834. The average molecular weight is 361 g/mol. The summed E-state index contributed by atoms with van der Waals surface area (Å²) in [6, 6.07) is 16.5. The Kier molecular flexibility index (Phi) is 6.16. The first-order valence-electron chi connectivity index (χ1n) is 7.21. The molecular weight excluding hydrogens is 340 g/mol. The van der Waals surface area contributed by atoms with Crippen molar-refractivity contribution >= 4 is 46.2 Å². The lowest BCUT2D eigenvalue weighted by Gasteiger charge is -2.19. The van der Waals surface area contributed by atoms with Gasteiger partial charge in [-0.2, -0.15) is 0 Å². The SMILES string of the molecule is CN(C)C(=S)c1ccccc1Sc1ccccc1C(=S)N(C)C. The van der Waals surface area contributed by atoms with E-state index in [4.69, 9.17) is 24.4 Å². The maximum atomic E-state index is 5.55. The molecular formula is C18H20N2S3. The van der Waals surface area contributed by atoms with Crippen LogP contribution in [0.1, 0.15) is 11.1 Å². The molecule has 2 aromatic carbocycles. The molecule has 0 aromatic heterocycles. The lowest BCUT2D eigenvalue weighted by atomic mass is 10.2. The quantitative estimate of drug-likeness (QED) is 0.747. The molecule has 0 aliphatic rings. The third kappa shape index (κ3) is 4.31. The molecule has 0 spiro atoms. The van der Waals surface area contributed by atoms with Gasteiger partial charge in [-0.05, 0) is 12.1 Å². The molecule has 0 heterocycles. The fraction of sp³-hybridized carbons (Fsp3) is 0.222. The minimum Gasteiger partial charge on any atom is -0.368 e. The van der Waals surface area contributed by atoms with Crippen LogP contribution in [0.2, 0.25) is 0 Å². The van der Waals surface area contributed by atoms with E-state index in [0.717, 1.165) is 30.9 Å². The van der Waals surface area contributed by atoms with Crippen LogP contribution in [0.25, 0.3) is 0 Å². The summed E-state index contributed by atoms with van der Waals surface area (Å²) in [6.45, 7) is 0. The second kappa shape index (κ2) is 7.90. The second-order valence-electron chi connectivity index (χ2n) is 5.49. The van der Waals surface area contributed by atoms with Gasteiger partial charge in [0.25, 0.3) is 0 Å². The maximum Gasteiger partial charge on any atom is 0.109 e. The standard InChI is InChI=1S/C18H20N2S3/c1-19(2)17(21)13-9-5-7-11-15(13)23-16-12-8-6-10-14(16)18(22)20(3)4/h5-12H,1-4H3. The Labute approximate surface area is 153 Å². The molecule has 23 heavy (non-hydrogen) atoms. The summed E-state index contributed by atoms with van der Waals surface area (Å²) in [4.78, 5) is 7.87. The summed E-state index contributed by atoms with van der Waals surface area (Å²) in [5.74, 6) is 0. The van der Waals surface area contributed by atoms with Crippen LogP contribution in [0.3, 0.4) is 0 Å². The van der Waals surface area contributed by atoms with Gasteiger partial charge in [-0.15, -0.1) is 0 Å². The van der Waals surface area contributed by atoms with Gasteiger partial charge in [0.15, 0.2) is 0 Å². The van der Waals surface area contributed by atoms with Crippen LogP contribution in [0.5, 0.6) is 0 Å². The van der Waals surface area contributed by atoms with Gasteiger partial charge in [0.1, 0.15) is 9.98 Å². The highest BCUT2D eigenvalue weighted by atomic mass is 32.2. The minimum atomic E-state index is 0.834. The van der Waals surface area contributed by atoms with E-state index in [0.29, 0.717) is 0 Å². The van der Waals surface area contributed by atoms with Crippen LogP contribution in [0.4, 0.5) is 0 Å². The fourth-order valence-corrected chi connectivity index (χ4v) is 3.63. The Hall–Kier alpha value is -1.43. The molecule has 0 atom stereocenters. The van der Waals surface area contributed by atoms with Crippen molar-refractivity contribution in [3.63, 3.8) is 0 Å². The number of hydrogen-bond acceptors (Lipinski definition) is 3. The normalized spacial score (nSPS) is 10.3. The lowest BCUT2D eigenvalue weighted by Crippen LogP contribution is -2.21. The molecule has 0 radical (unpaired) electrons. The van der Waals surface area contributed by atoms with Crippen LogP contribution < -0.4 is 0 Å². The van der Waals surface area contributed by atoms with Gasteiger partial charge < -0.3 is 9.80 Å². The van der Waals surface area contributed by atoms with Crippen LogP contribution in [0.15, 0.2) is 58.3 Å². The van der Waals surface area contributed by atoms with Gasteiger partial charge in [0.2, 0.25) is 0 Å². The molecule has 0 N–H and O–H groups in total. The molecule has 120 valence electrons. The molecule has 5 heteroatoms.